The summed E-state index contributed by atoms with van der Waals surface area (Å²) in [5.74, 6) is 0.220. The normalized spacial score (nSPS) is 10.2. The number of hydrogen-bond donors (Lipinski definition) is 1. The Labute approximate surface area is 117 Å². The van der Waals surface area contributed by atoms with Crippen LogP contribution in [-0.4, -0.2) is 44.6 Å². The Hall–Kier alpha value is -0.970. The van der Waals surface area contributed by atoms with Gasteiger partial charge in [0.25, 0.3) is 5.91 Å². The Balaban J connectivity index is 2.52. The van der Waals surface area contributed by atoms with E-state index in [1.165, 1.54) is 0 Å². The number of para-hydroxylation sites is 1. The highest BCUT2D eigenvalue weighted by Gasteiger charge is 2.12. The second kappa shape index (κ2) is 7.46. The molecule has 0 spiro atoms. The van der Waals surface area contributed by atoms with Crippen molar-refractivity contribution < 1.29 is 9.53 Å². The third-order valence-corrected chi connectivity index (χ3v) is 2.98. The number of rotatable bonds is 6. The summed E-state index contributed by atoms with van der Waals surface area (Å²) in [7, 11) is 3.55. The van der Waals surface area contributed by atoms with Crippen LogP contribution in [0.5, 0.6) is 5.75 Å². The number of nitrogens with one attached hydrogen (secondary N) is 1. The molecule has 0 atom stereocenters. The molecule has 0 aromatic heterocycles. The van der Waals surface area contributed by atoms with Crippen molar-refractivity contribution in [3.63, 3.8) is 0 Å². The molecule has 0 aliphatic heterocycles. The van der Waals surface area contributed by atoms with Crippen LogP contribution < -0.4 is 10.1 Å². The Bertz CT molecular complexity index is 393. The lowest BCUT2D eigenvalue weighted by molar-refractivity contribution is -0.131. The van der Waals surface area contributed by atoms with Gasteiger partial charge in [0.15, 0.2) is 12.4 Å². The summed E-state index contributed by atoms with van der Waals surface area (Å²) in [6.07, 6.45) is 0. The maximum absolute atomic E-state index is 11.7. The number of amides is 1. The second-order valence-corrected chi connectivity index (χ2v) is 4.57. The van der Waals surface area contributed by atoms with Gasteiger partial charge < -0.3 is 15.0 Å². The molecule has 6 heteroatoms. The van der Waals surface area contributed by atoms with Gasteiger partial charge in [-0.1, -0.05) is 29.3 Å². The smallest absolute Gasteiger partial charge is 0.260 e. The van der Waals surface area contributed by atoms with Gasteiger partial charge in [-0.2, -0.15) is 0 Å². The first-order valence-electron chi connectivity index (χ1n) is 5.51. The van der Waals surface area contributed by atoms with Crippen LogP contribution >= 0.6 is 23.2 Å². The molecule has 18 heavy (non-hydrogen) atoms. The predicted octanol–water partition coefficient (Wildman–Crippen LogP) is 2.05. The molecule has 100 valence electrons. The number of likely N-dealkylation sites (N-methyl/N-ethyl adjacent to an activating group) is 2. The number of nitrogens with zero attached hydrogens (tertiary/aromatic N) is 1. The number of carbonyl (C=O) groups excluding carboxylic acids is 1. The molecule has 1 aromatic carbocycles. The Morgan fingerprint density at radius 3 is 2.56 bits per heavy atom. The molecule has 0 radical (unpaired) electrons. The van der Waals surface area contributed by atoms with Crippen LogP contribution in [0.1, 0.15) is 0 Å². The van der Waals surface area contributed by atoms with E-state index in [2.05, 4.69) is 5.32 Å². The molecule has 0 saturated heterocycles. The van der Waals surface area contributed by atoms with Crippen molar-refractivity contribution in [2.75, 3.05) is 33.8 Å². The highest BCUT2D eigenvalue weighted by molar-refractivity contribution is 6.37. The topological polar surface area (TPSA) is 41.6 Å². The minimum atomic E-state index is -0.124. The van der Waals surface area contributed by atoms with E-state index in [0.29, 0.717) is 22.3 Å². The van der Waals surface area contributed by atoms with E-state index >= 15 is 0 Å². The molecule has 1 N–H and O–H groups in total. The Morgan fingerprint density at radius 1 is 1.39 bits per heavy atom. The van der Waals surface area contributed by atoms with Gasteiger partial charge in [0.05, 0.1) is 10.0 Å². The van der Waals surface area contributed by atoms with Crippen molar-refractivity contribution >= 4 is 29.1 Å². The van der Waals surface area contributed by atoms with Crippen molar-refractivity contribution in [1.29, 1.82) is 0 Å². The van der Waals surface area contributed by atoms with Crippen molar-refractivity contribution in [3.8, 4) is 5.75 Å². The van der Waals surface area contributed by atoms with Gasteiger partial charge in [0.2, 0.25) is 0 Å². The first-order chi connectivity index (χ1) is 8.56. The summed E-state index contributed by atoms with van der Waals surface area (Å²) in [6.45, 7) is 1.27. The summed E-state index contributed by atoms with van der Waals surface area (Å²) in [5.41, 5.74) is 0. The maximum Gasteiger partial charge on any atom is 0.260 e. The van der Waals surface area contributed by atoms with E-state index in [1.807, 2.05) is 7.05 Å². The number of hydrogen-bond acceptors (Lipinski definition) is 3. The summed E-state index contributed by atoms with van der Waals surface area (Å²) in [6, 6.07) is 5.05. The van der Waals surface area contributed by atoms with Crippen molar-refractivity contribution in [3.05, 3.63) is 28.2 Å². The van der Waals surface area contributed by atoms with Gasteiger partial charge in [0, 0.05) is 20.1 Å². The average molecular weight is 291 g/mol. The third kappa shape index (κ3) is 4.37. The summed E-state index contributed by atoms with van der Waals surface area (Å²) in [5, 5.41) is 3.76. The second-order valence-electron chi connectivity index (χ2n) is 3.76. The van der Waals surface area contributed by atoms with E-state index in [9.17, 15) is 4.79 Å². The van der Waals surface area contributed by atoms with Crippen LogP contribution in [0, 0.1) is 0 Å². The number of ether oxygens (including phenoxy) is 1. The molecule has 1 rings (SSSR count). The monoisotopic (exact) mass is 290 g/mol. The van der Waals surface area contributed by atoms with Crippen LogP contribution in [0.3, 0.4) is 0 Å². The first kappa shape index (κ1) is 15.1. The van der Waals surface area contributed by atoms with Crippen molar-refractivity contribution in [1.82, 2.24) is 10.2 Å². The van der Waals surface area contributed by atoms with Gasteiger partial charge >= 0.3 is 0 Å². The number of carbonyl (C=O) groups is 1. The fourth-order valence-corrected chi connectivity index (χ4v) is 1.78. The number of benzene rings is 1. The van der Waals surface area contributed by atoms with E-state index in [0.717, 1.165) is 6.54 Å². The largest absolute Gasteiger partial charge is 0.481 e. The standard InChI is InChI=1S/C12H16Cl2N2O2/c1-15-6-7-16(2)11(17)8-18-12-9(13)4-3-5-10(12)14/h3-5,15H,6-8H2,1-2H3. The minimum Gasteiger partial charge on any atom is -0.481 e. The van der Waals surface area contributed by atoms with Crippen LogP contribution in [-0.2, 0) is 4.79 Å². The van der Waals surface area contributed by atoms with E-state index in [4.69, 9.17) is 27.9 Å². The molecule has 1 aromatic rings. The Morgan fingerprint density at radius 2 is 2.00 bits per heavy atom. The fourth-order valence-electron chi connectivity index (χ4n) is 1.27. The van der Waals surface area contributed by atoms with Crippen LogP contribution in [0.25, 0.3) is 0 Å². The molecule has 0 aliphatic carbocycles. The molecule has 4 nitrogen and oxygen atoms in total. The quantitative estimate of drug-likeness (QED) is 0.872. The lowest BCUT2D eigenvalue weighted by Crippen LogP contribution is -2.35. The first-order valence-corrected chi connectivity index (χ1v) is 6.27. The molecular weight excluding hydrogens is 275 g/mol. The maximum atomic E-state index is 11.7. The minimum absolute atomic E-state index is 0.0797. The molecular formula is C12H16Cl2N2O2. The van der Waals surface area contributed by atoms with Gasteiger partial charge in [-0.15, -0.1) is 0 Å². The van der Waals surface area contributed by atoms with Crippen LogP contribution in [0.2, 0.25) is 10.0 Å². The summed E-state index contributed by atoms with van der Waals surface area (Å²) in [4.78, 5) is 13.3. The molecule has 1 amide bonds. The highest BCUT2D eigenvalue weighted by atomic mass is 35.5. The van der Waals surface area contributed by atoms with Gasteiger partial charge in [-0.3, -0.25) is 4.79 Å². The SMILES string of the molecule is CNCCN(C)C(=O)COc1c(Cl)cccc1Cl. The lowest BCUT2D eigenvalue weighted by atomic mass is 10.3. The van der Waals surface area contributed by atoms with Gasteiger partial charge in [0.1, 0.15) is 0 Å². The predicted molar refractivity (Wildman–Crippen MR) is 73.5 cm³/mol. The van der Waals surface area contributed by atoms with Crippen molar-refractivity contribution in [2.45, 2.75) is 0 Å². The third-order valence-electron chi connectivity index (χ3n) is 2.38. The van der Waals surface area contributed by atoms with E-state index in [1.54, 1.807) is 30.1 Å². The van der Waals surface area contributed by atoms with E-state index in [-0.39, 0.29) is 12.5 Å². The fraction of sp³-hybridized carbons (Fsp3) is 0.417. The molecule has 0 aliphatic rings. The summed E-state index contributed by atoms with van der Waals surface area (Å²) >= 11 is 11.9. The van der Waals surface area contributed by atoms with Gasteiger partial charge in [-0.25, -0.2) is 0 Å². The Kier molecular flexibility index (Phi) is 6.25. The highest BCUT2D eigenvalue weighted by Crippen LogP contribution is 2.32. The molecule has 0 bridgehead atoms. The molecule has 0 fully saturated rings. The zero-order chi connectivity index (χ0) is 13.5. The van der Waals surface area contributed by atoms with E-state index < -0.39 is 0 Å². The van der Waals surface area contributed by atoms with Crippen molar-refractivity contribution in [2.24, 2.45) is 0 Å². The zero-order valence-electron chi connectivity index (χ0n) is 10.4. The van der Waals surface area contributed by atoms with Crippen LogP contribution in [0.4, 0.5) is 0 Å². The number of halogens is 2. The summed E-state index contributed by atoms with van der Waals surface area (Å²) < 4.78 is 5.35. The van der Waals surface area contributed by atoms with Crippen LogP contribution in [0.15, 0.2) is 18.2 Å². The zero-order valence-corrected chi connectivity index (χ0v) is 11.9. The molecule has 0 unspecified atom stereocenters. The average Bonchev–Trinajstić information content (AvgIpc) is 2.35. The molecule has 0 saturated carbocycles. The molecule has 0 heterocycles. The van der Waals surface area contributed by atoms with Gasteiger partial charge in [-0.05, 0) is 19.2 Å². The lowest BCUT2D eigenvalue weighted by Gasteiger charge is -2.17.